The average Bonchev–Trinajstić information content (AvgIpc) is 2.77. The van der Waals surface area contributed by atoms with Crippen LogP contribution in [-0.2, 0) is 24.3 Å². The Bertz CT molecular complexity index is 1080. The lowest BCUT2D eigenvalue weighted by molar-refractivity contribution is -0.137. The second-order valence-corrected chi connectivity index (χ2v) is 8.91. The van der Waals surface area contributed by atoms with Gasteiger partial charge in [-0.3, -0.25) is 4.79 Å². The van der Waals surface area contributed by atoms with Crippen molar-refractivity contribution in [3.05, 3.63) is 54.1 Å². The second kappa shape index (κ2) is 11.3. The molecule has 0 spiro atoms. The molecule has 9 nitrogen and oxygen atoms in total. The molecule has 0 fully saturated rings. The van der Waals surface area contributed by atoms with Gasteiger partial charge in [-0.15, -0.1) is 0 Å². The zero-order valence-corrected chi connectivity index (χ0v) is 19.2. The average molecular weight is 462 g/mol. The van der Waals surface area contributed by atoms with Crippen LogP contribution in [0.15, 0.2) is 53.4 Å². The van der Waals surface area contributed by atoms with Crippen LogP contribution in [0, 0.1) is 0 Å². The number of esters is 1. The van der Waals surface area contributed by atoms with Crippen molar-refractivity contribution in [2.75, 3.05) is 45.0 Å². The van der Waals surface area contributed by atoms with E-state index in [1.165, 1.54) is 45.5 Å². The van der Waals surface area contributed by atoms with Gasteiger partial charge in [0.05, 0.1) is 30.8 Å². The number of rotatable bonds is 10. The Morgan fingerprint density at radius 2 is 1.78 bits per heavy atom. The normalized spacial score (nSPS) is 11.4. The van der Waals surface area contributed by atoms with Crippen LogP contribution < -0.4 is 15.4 Å². The van der Waals surface area contributed by atoms with Crippen LogP contribution in [0.25, 0.3) is 6.08 Å². The number of anilines is 2. The van der Waals surface area contributed by atoms with Crippen LogP contribution >= 0.6 is 0 Å². The maximum absolute atomic E-state index is 12.4. The van der Waals surface area contributed by atoms with E-state index in [1.807, 2.05) is 0 Å². The van der Waals surface area contributed by atoms with Gasteiger partial charge in [0.1, 0.15) is 5.75 Å². The monoisotopic (exact) mass is 461 g/mol. The third-order valence-corrected chi connectivity index (χ3v) is 6.10. The Morgan fingerprint density at radius 1 is 1.09 bits per heavy atom. The van der Waals surface area contributed by atoms with Crippen LogP contribution in [0.3, 0.4) is 0 Å². The van der Waals surface area contributed by atoms with Gasteiger partial charge in [-0.25, -0.2) is 17.5 Å². The molecule has 0 bridgehead atoms. The number of nitrogens with one attached hydrogen (secondary N) is 2. The Hall–Kier alpha value is -3.37. The summed E-state index contributed by atoms with van der Waals surface area (Å²) in [6.45, 7) is 2.00. The van der Waals surface area contributed by atoms with E-state index in [-0.39, 0.29) is 23.0 Å². The predicted molar refractivity (Wildman–Crippen MR) is 123 cm³/mol. The minimum atomic E-state index is -3.66. The number of carbonyl (C=O) groups is 2. The van der Waals surface area contributed by atoms with Gasteiger partial charge in [-0.05, 0) is 48.9 Å². The maximum atomic E-state index is 12.4. The largest absolute Gasteiger partial charge is 0.495 e. The van der Waals surface area contributed by atoms with Crippen molar-refractivity contribution in [1.29, 1.82) is 0 Å². The number of methoxy groups -OCH3 is 1. The van der Waals surface area contributed by atoms with E-state index >= 15 is 0 Å². The molecule has 0 heterocycles. The van der Waals surface area contributed by atoms with Gasteiger partial charge in [0, 0.05) is 25.9 Å². The highest BCUT2D eigenvalue weighted by Gasteiger charge is 2.19. The summed E-state index contributed by atoms with van der Waals surface area (Å²) in [5.41, 5.74) is 1.75. The zero-order chi connectivity index (χ0) is 23.7. The first-order valence-corrected chi connectivity index (χ1v) is 11.2. The number of hydrogen-bond acceptors (Lipinski definition) is 7. The van der Waals surface area contributed by atoms with Crippen LogP contribution in [0.2, 0.25) is 0 Å². The molecular formula is C22H27N3O6S. The number of amides is 1. The van der Waals surface area contributed by atoms with Crippen molar-refractivity contribution < 1.29 is 27.5 Å². The molecule has 0 aliphatic rings. The van der Waals surface area contributed by atoms with Gasteiger partial charge in [0.2, 0.25) is 15.9 Å². The minimum absolute atomic E-state index is 0.0398. The summed E-state index contributed by atoms with van der Waals surface area (Å²) in [5, 5.41) is 5.65. The van der Waals surface area contributed by atoms with Crippen molar-refractivity contribution >= 4 is 39.4 Å². The molecule has 0 saturated heterocycles. The highest BCUT2D eigenvalue weighted by Crippen LogP contribution is 2.28. The molecule has 2 N–H and O–H groups in total. The van der Waals surface area contributed by atoms with Crippen LogP contribution in [-0.4, -0.2) is 59.0 Å². The standard InChI is InChI=1S/C22H27N3O6S/c1-5-31-22(27)13-8-16-6-9-17(10-7-16)23-15-21(26)24-19-14-18(11-12-20(19)30-4)32(28,29)25(2)3/h6-14,23H,5,15H2,1-4H3,(H,24,26)/b13-8+. The van der Waals surface area contributed by atoms with E-state index in [0.717, 1.165) is 9.87 Å². The van der Waals surface area contributed by atoms with Crippen LogP contribution in [0.1, 0.15) is 12.5 Å². The number of ether oxygens (including phenoxy) is 2. The number of carbonyl (C=O) groups excluding carboxylic acids is 2. The minimum Gasteiger partial charge on any atom is -0.495 e. The quantitative estimate of drug-likeness (QED) is 0.413. The predicted octanol–water partition coefficient (Wildman–Crippen LogP) is 2.57. The summed E-state index contributed by atoms with van der Waals surface area (Å²) in [4.78, 5) is 23.8. The fourth-order valence-corrected chi connectivity index (χ4v) is 3.53. The molecule has 0 aliphatic heterocycles. The molecule has 1 amide bonds. The van der Waals surface area contributed by atoms with Crippen LogP contribution in [0.5, 0.6) is 5.75 Å². The van der Waals surface area contributed by atoms with E-state index in [2.05, 4.69) is 10.6 Å². The molecule has 0 saturated carbocycles. The Morgan fingerprint density at radius 3 is 2.38 bits per heavy atom. The van der Waals surface area contributed by atoms with E-state index in [1.54, 1.807) is 37.3 Å². The van der Waals surface area contributed by atoms with Gasteiger partial charge in [0.25, 0.3) is 0 Å². The Balaban J connectivity index is 2.02. The van der Waals surface area contributed by atoms with Gasteiger partial charge >= 0.3 is 5.97 Å². The number of hydrogen-bond donors (Lipinski definition) is 2. The molecule has 0 aromatic heterocycles. The highest BCUT2D eigenvalue weighted by molar-refractivity contribution is 7.89. The lowest BCUT2D eigenvalue weighted by Crippen LogP contribution is -2.24. The molecular weight excluding hydrogens is 434 g/mol. The SMILES string of the molecule is CCOC(=O)/C=C/c1ccc(NCC(=O)Nc2cc(S(=O)(=O)N(C)C)ccc2OC)cc1. The molecule has 172 valence electrons. The molecule has 2 aromatic carbocycles. The van der Waals surface area contributed by atoms with E-state index in [4.69, 9.17) is 9.47 Å². The van der Waals surface area contributed by atoms with Gasteiger partial charge in [-0.1, -0.05) is 12.1 Å². The van der Waals surface area contributed by atoms with Crippen LogP contribution in [0.4, 0.5) is 11.4 Å². The summed E-state index contributed by atoms with van der Waals surface area (Å²) < 4.78 is 35.8. The van der Waals surface area contributed by atoms with E-state index < -0.39 is 16.0 Å². The number of nitrogens with zero attached hydrogens (tertiary/aromatic N) is 1. The van der Waals surface area contributed by atoms with Crippen molar-refractivity contribution in [1.82, 2.24) is 4.31 Å². The number of sulfonamides is 1. The summed E-state index contributed by atoms with van der Waals surface area (Å²) in [5.74, 6) is -0.452. The summed E-state index contributed by atoms with van der Waals surface area (Å²) in [7, 11) is 0.636. The van der Waals surface area contributed by atoms with Gasteiger partial charge in [0.15, 0.2) is 0 Å². The first-order valence-electron chi connectivity index (χ1n) is 9.76. The molecule has 0 unspecified atom stereocenters. The molecule has 0 radical (unpaired) electrons. The zero-order valence-electron chi connectivity index (χ0n) is 18.4. The van der Waals surface area contributed by atoms with Gasteiger partial charge in [-0.2, -0.15) is 0 Å². The van der Waals surface area contributed by atoms with Crippen molar-refractivity contribution in [2.45, 2.75) is 11.8 Å². The van der Waals surface area contributed by atoms with Crippen molar-refractivity contribution in [3.8, 4) is 5.75 Å². The Kier molecular flexibility index (Phi) is 8.80. The fraction of sp³-hybridized carbons (Fsp3) is 0.273. The molecule has 0 aliphatic carbocycles. The smallest absolute Gasteiger partial charge is 0.330 e. The third-order valence-electron chi connectivity index (χ3n) is 4.29. The van der Waals surface area contributed by atoms with Crippen molar-refractivity contribution in [3.63, 3.8) is 0 Å². The third kappa shape index (κ3) is 6.82. The topological polar surface area (TPSA) is 114 Å². The van der Waals surface area contributed by atoms with E-state index in [0.29, 0.717) is 18.0 Å². The fourth-order valence-electron chi connectivity index (χ4n) is 2.60. The van der Waals surface area contributed by atoms with Gasteiger partial charge < -0.3 is 20.1 Å². The first-order chi connectivity index (χ1) is 15.2. The maximum Gasteiger partial charge on any atom is 0.330 e. The molecule has 32 heavy (non-hydrogen) atoms. The highest BCUT2D eigenvalue weighted by atomic mass is 32.2. The lowest BCUT2D eigenvalue weighted by atomic mass is 10.2. The van der Waals surface area contributed by atoms with E-state index in [9.17, 15) is 18.0 Å². The molecule has 10 heteroatoms. The first kappa shape index (κ1) is 24.9. The second-order valence-electron chi connectivity index (χ2n) is 6.76. The summed E-state index contributed by atoms with van der Waals surface area (Å²) in [6.07, 6.45) is 2.98. The molecule has 0 atom stereocenters. The summed E-state index contributed by atoms with van der Waals surface area (Å²) >= 11 is 0. The Labute approximate surface area is 188 Å². The number of benzene rings is 2. The molecule has 2 aromatic rings. The lowest BCUT2D eigenvalue weighted by Gasteiger charge is -2.15. The summed E-state index contributed by atoms with van der Waals surface area (Å²) in [6, 6.07) is 11.4. The van der Waals surface area contributed by atoms with Crippen molar-refractivity contribution in [2.24, 2.45) is 0 Å². The molecule has 2 rings (SSSR count).